The number of rotatable bonds is 4. The first kappa shape index (κ1) is 21.4. The molecule has 1 fully saturated rings. The van der Waals surface area contributed by atoms with Gasteiger partial charge in [0, 0.05) is 23.5 Å². The van der Waals surface area contributed by atoms with Crippen LogP contribution < -0.4 is 5.73 Å². The molecule has 0 saturated carbocycles. The number of carbonyl (C=O) groups is 1. The molecule has 4 nitrogen and oxygen atoms in total. The van der Waals surface area contributed by atoms with Gasteiger partial charge in [0.15, 0.2) is 0 Å². The van der Waals surface area contributed by atoms with Crippen molar-refractivity contribution >= 4 is 22.0 Å². The summed E-state index contributed by atoms with van der Waals surface area (Å²) in [5.41, 5.74) is 6.87. The maximum absolute atomic E-state index is 12.1. The number of amides is 1. The van der Waals surface area contributed by atoms with Crippen molar-refractivity contribution in [1.82, 2.24) is 4.90 Å². The van der Waals surface area contributed by atoms with Crippen LogP contribution in [0.5, 0.6) is 0 Å². The summed E-state index contributed by atoms with van der Waals surface area (Å²) in [5.74, 6) is -0.178. The minimum atomic E-state index is -0.239. The van der Waals surface area contributed by atoms with Gasteiger partial charge in [0.1, 0.15) is 11.9 Å². The van der Waals surface area contributed by atoms with E-state index in [2.05, 4.69) is 15.9 Å². The molecular weight excluding hydrogens is 411 g/mol. The van der Waals surface area contributed by atoms with Crippen LogP contribution in [0.25, 0.3) is 0 Å². The quantitative estimate of drug-likeness (QED) is 0.708. The molecule has 3 unspecified atom stereocenters. The summed E-state index contributed by atoms with van der Waals surface area (Å²) >= 11 is 3.42. The second kappa shape index (κ2) is 10.4. The van der Waals surface area contributed by atoms with Gasteiger partial charge in [-0.25, -0.2) is 9.18 Å². The largest absolute Gasteiger partial charge is 0.446 e. The van der Waals surface area contributed by atoms with E-state index in [1.54, 1.807) is 23.1 Å². The Labute approximate surface area is 168 Å². The number of benzene rings is 2. The van der Waals surface area contributed by atoms with Crippen LogP contribution in [0.3, 0.4) is 0 Å². The second-order valence-corrected chi connectivity index (χ2v) is 7.64. The van der Waals surface area contributed by atoms with Gasteiger partial charge in [-0.2, -0.15) is 0 Å². The van der Waals surface area contributed by atoms with Crippen molar-refractivity contribution in [3.8, 4) is 0 Å². The summed E-state index contributed by atoms with van der Waals surface area (Å²) in [4.78, 5) is 13.9. The first-order valence-electron chi connectivity index (χ1n) is 9.05. The van der Waals surface area contributed by atoms with E-state index in [0.717, 1.165) is 22.9 Å². The van der Waals surface area contributed by atoms with Crippen LogP contribution in [0.4, 0.5) is 9.18 Å². The fourth-order valence-corrected chi connectivity index (χ4v) is 3.18. The lowest BCUT2D eigenvalue weighted by Crippen LogP contribution is -2.44. The van der Waals surface area contributed by atoms with E-state index < -0.39 is 0 Å². The number of nitrogens with two attached hydrogens (primary N) is 1. The Balaban J connectivity index is 0.000000313. The van der Waals surface area contributed by atoms with Gasteiger partial charge in [-0.15, -0.1) is 0 Å². The highest BCUT2D eigenvalue weighted by atomic mass is 79.9. The molecule has 1 saturated heterocycles. The van der Waals surface area contributed by atoms with E-state index in [-0.39, 0.29) is 30.1 Å². The van der Waals surface area contributed by atoms with Gasteiger partial charge in [-0.1, -0.05) is 46.3 Å². The lowest BCUT2D eigenvalue weighted by molar-refractivity contribution is 0.00814. The molecule has 2 aromatic carbocycles. The summed E-state index contributed by atoms with van der Waals surface area (Å²) in [6.07, 6.45) is 1.29. The number of halogens is 2. The van der Waals surface area contributed by atoms with Gasteiger partial charge in [0.2, 0.25) is 0 Å². The summed E-state index contributed by atoms with van der Waals surface area (Å²) in [6, 6.07) is 16.0. The molecule has 0 spiro atoms. The van der Waals surface area contributed by atoms with E-state index in [1.165, 1.54) is 12.1 Å². The van der Waals surface area contributed by atoms with E-state index in [0.29, 0.717) is 6.54 Å². The third-order valence-electron chi connectivity index (χ3n) is 4.38. The van der Waals surface area contributed by atoms with Gasteiger partial charge >= 0.3 is 6.09 Å². The molecule has 1 aliphatic rings. The highest BCUT2D eigenvalue weighted by Gasteiger charge is 2.31. The fraction of sp³-hybridized carbons (Fsp3) is 0.381. The molecule has 0 radical (unpaired) electrons. The molecule has 1 amide bonds. The normalized spacial score (nSPS) is 18.8. The van der Waals surface area contributed by atoms with Gasteiger partial charge in [0.25, 0.3) is 0 Å². The van der Waals surface area contributed by atoms with Crippen LogP contribution >= 0.6 is 15.9 Å². The molecule has 3 rings (SSSR count). The number of ether oxygens (including phenoxy) is 1. The SMILES string of the molecule is CC(N)CC1CCN(C(C)c2ccc(Br)cc2)C(=O)O1.Fc1ccccc1. The summed E-state index contributed by atoms with van der Waals surface area (Å²) in [6.45, 7) is 4.68. The topological polar surface area (TPSA) is 55.6 Å². The predicted octanol–water partition coefficient (Wildman–Crippen LogP) is 5.28. The molecule has 0 aromatic heterocycles. The molecule has 6 heteroatoms. The number of carbonyl (C=O) groups excluding carboxylic acids is 1. The summed E-state index contributed by atoms with van der Waals surface area (Å²) < 4.78 is 18.4. The van der Waals surface area contributed by atoms with Gasteiger partial charge in [0.05, 0.1) is 6.04 Å². The van der Waals surface area contributed by atoms with Crippen LogP contribution in [0, 0.1) is 5.82 Å². The summed E-state index contributed by atoms with van der Waals surface area (Å²) in [5, 5.41) is 0. The molecule has 0 aliphatic carbocycles. The Morgan fingerprint density at radius 3 is 2.30 bits per heavy atom. The third kappa shape index (κ3) is 6.96. The number of cyclic esters (lactones) is 1. The highest BCUT2D eigenvalue weighted by molar-refractivity contribution is 9.10. The Kier molecular flexibility index (Phi) is 8.25. The van der Waals surface area contributed by atoms with Crippen molar-refractivity contribution in [1.29, 1.82) is 0 Å². The van der Waals surface area contributed by atoms with E-state index in [9.17, 15) is 9.18 Å². The maximum atomic E-state index is 12.1. The van der Waals surface area contributed by atoms with Crippen LogP contribution in [-0.4, -0.2) is 29.7 Å². The molecule has 0 bridgehead atoms. The lowest BCUT2D eigenvalue weighted by atomic mass is 10.0. The maximum Gasteiger partial charge on any atom is 0.410 e. The zero-order valence-corrected chi connectivity index (χ0v) is 17.2. The van der Waals surface area contributed by atoms with Crippen LogP contribution in [0.2, 0.25) is 0 Å². The molecule has 1 heterocycles. The Bertz CT molecular complexity index is 710. The van der Waals surface area contributed by atoms with Crippen LogP contribution in [0.1, 0.15) is 38.3 Å². The Morgan fingerprint density at radius 1 is 1.19 bits per heavy atom. The van der Waals surface area contributed by atoms with Gasteiger partial charge in [-0.3, -0.25) is 0 Å². The van der Waals surface area contributed by atoms with Gasteiger partial charge in [-0.05, 0) is 50.1 Å². The molecule has 2 N–H and O–H groups in total. The number of hydrogen-bond acceptors (Lipinski definition) is 3. The smallest absolute Gasteiger partial charge is 0.410 e. The van der Waals surface area contributed by atoms with Crippen molar-refractivity contribution in [2.24, 2.45) is 5.73 Å². The molecule has 3 atom stereocenters. The Morgan fingerprint density at radius 2 is 1.81 bits per heavy atom. The molecule has 27 heavy (non-hydrogen) atoms. The Hall–Kier alpha value is -1.92. The standard InChI is InChI=1S/C15H21BrN2O2.C6H5F/c1-10(17)9-14-7-8-18(15(19)20-14)11(2)12-3-5-13(16)6-4-12;7-6-4-2-1-3-5-6/h3-6,10-11,14H,7-9,17H2,1-2H3;1-5H. The average molecular weight is 437 g/mol. The minimum absolute atomic E-state index is 0.0202. The monoisotopic (exact) mass is 436 g/mol. The van der Waals surface area contributed by atoms with Crippen molar-refractivity contribution in [2.45, 2.75) is 44.9 Å². The average Bonchev–Trinajstić information content (AvgIpc) is 2.63. The van der Waals surface area contributed by atoms with E-state index >= 15 is 0 Å². The van der Waals surface area contributed by atoms with Crippen molar-refractivity contribution < 1.29 is 13.9 Å². The van der Waals surface area contributed by atoms with Crippen molar-refractivity contribution in [2.75, 3.05) is 6.54 Å². The third-order valence-corrected chi connectivity index (χ3v) is 4.91. The van der Waals surface area contributed by atoms with E-state index in [1.807, 2.05) is 38.1 Å². The zero-order chi connectivity index (χ0) is 19.8. The van der Waals surface area contributed by atoms with Crippen molar-refractivity contribution in [3.05, 3.63) is 70.5 Å². The summed E-state index contributed by atoms with van der Waals surface area (Å²) in [7, 11) is 0. The highest BCUT2D eigenvalue weighted by Crippen LogP contribution is 2.27. The predicted molar refractivity (Wildman–Crippen MR) is 109 cm³/mol. The second-order valence-electron chi connectivity index (χ2n) is 6.72. The molecule has 1 aliphatic heterocycles. The zero-order valence-electron chi connectivity index (χ0n) is 15.6. The molecule has 2 aromatic rings. The van der Waals surface area contributed by atoms with Crippen LogP contribution in [0.15, 0.2) is 59.1 Å². The number of hydrogen-bond donors (Lipinski definition) is 1. The first-order chi connectivity index (χ1) is 12.9. The van der Waals surface area contributed by atoms with Gasteiger partial charge < -0.3 is 15.4 Å². The van der Waals surface area contributed by atoms with E-state index in [4.69, 9.17) is 10.5 Å². The molecule has 146 valence electrons. The number of nitrogens with zero attached hydrogens (tertiary/aromatic N) is 1. The van der Waals surface area contributed by atoms with Crippen molar-refractivity contribution in [3.63, 3.8) is 0 Å². The molecular formula is C21H26BrFN2O2. The first-order valence-corrected chi connectivity index (χ1v) is 9.85. The lowest BCUT2D eigenvalue weighted by Gasteiger charge is -2.36. The fourth-order valence-electron chi connectivity index (χ4n) is 2.91. The minimum Gasteiger partial charge on any atom is -0.446 e. The van der Waals surface area contributed by atoms with Crippen LogP contribution in [-0.2, 0) is 4.74 Å².